The summed E-state index contributed by atoms with van der Waals surface area (Å²) in [6, 6.07) is 10.5. The summed E-state index contributed by atoms with van der Waals surface area (Å²) >= 11 is 0. The van der Waals surface area contributed by atoms with Crippen LogP contribution < -0.4 is 5.32 Å². The van der Waals surface area contributed by atoms with E-state index in [9.17, 15) is 13.2 Å². The Morgan fingerprint density at radius 3 is 2.69 bits per heavy atom. The van der Waals surface area contributed by atoms with Gasteiger partial charge in [0.1, 0.15) is 5.58 Å². The molecule has 5 nitrogen and oxygen atoms in total. The Bertz CT molecular complexity index is 1110. The minimum atomic E-state index is -3.31. The second-order valence-corrected chi connectivity index (χ2v) is 8.77. The molecule has 1 aliphatic rings. The molecular weight excluding hydrogens is 350 g/mol. The van der Waals surface area contributed by atoms with Crippen LogP contribution >= 0.6 is 0 Å². The first kappa shape index (κ1) is 16.8. The lowest BCUT2D eigenvalue weighted by Crippen LogP contribution is -2.14. The van der Waals surface area contributed by atoms with E-state index in [4.69, 9.17) is 4.42 Å². The first-order valence-electron chi connectivity index (χ1n) is 8.52. The van der Waals surface area contributed by atoms with Crippen molar-refractivity contribution in [2.45, 2.75) is 30.6 Å². The summed E-state index contributed by atoms with van der Waals surface area (Å²) in [6.45, 7) is 0. The summed E-state index contributed by atoms with van der Waals surface area (Å²) in [5.41, 5.74) is 4.78. The number of hydrogen-bond donors (Lipinski definition) is 1. The van der Waals surface area contributed by atoms with Gasteiger partial charge in [-0.1, -0.05) is 6.07 Å². The molecule has 4 rings (SSSR count). The van der Waals surface area contributed by atoms with Crippen molar-refractivity contribution in [1.82, 2.24) is 0 Å². The third-order valence-corrected chi connectivity index (χ3v) is 5.88. The zero-order valence-corrected chi connectivity index (χ0v) is 15.2. The maximum Gasteiger partial charge on any atom is 0.228 e. The number of benzene rings is 2. The molecule has 26 heavy (non-hydrogen) atoms. The van der Waals surface area contributed by atoms with Crippen molar-refractivity contribution in [3.05, 3.63) is 59.4 Å². The molecule has 0 radical (unpaired) electrons. The summed E-state index contributed by atoms with van der Waals surface area (Å²) in [5, 5.41) is 3.74. The monoisotopic (exact) mass is 369 g/mol. The summed E-state index contributed by atoms with van der Waals surface area (Å²) in [6.07, 6.45) is 6.26. The molecule has 2 aromatic carbocycles. The third kappa shape index (κ3) is 3.24. The van der Waals surface area contributed by atoms with Crippen LogP contribution in [0.15, 0.2) is 52.0 Å². The van der Waals surface area contributed by atoms with Crippen LogP contribution in [0.3, 0.4) is 0 Å². The van der Waals surface area contributed by atoms with Gasteiger partial charge in [0.25, 0.3) is 0 Å². The minimum Gasteiger partial charge on any atom is -0.464 e. The highest BCUT2D eigenvalue weighted by Gasteiger charge is 2.17. The molecule has 0 fully saturated rings. The Morgan fingerprint density at radius 1 is 1.15 bits per heavy atom. The van der Waals surface area contributed by atoms with Gasteiger partial charge >= 0.3 is 0 Å². The number of fused-ring (bicyclic) bond motifs is 2. The molecule has 0 saturated carbocycles. The molecule has 0 unspecified atom stereocenters. The predicted octanol–water partition coefficient (Wildman–Crippen LogP) is 3.51. The number of rotatable bonds is 4. The first-order valence-corrected chi connectivity index (χ1v) is 10.4. The topological polar surface area (TPSA) is 76.4 Å². The Labute approximate surface area is 151 Å². The van der Waals surface area contributed by atoms with Crippen LogP contribution in [-0.2, 0) is 33.9 Å². The van der Waals surface area contributed by atoms with Crippen molar-refractivity contribution < 1.29 is 17.6 Å². The highest BCUT2D eigenvalue weighted by molar-refractivity contribution is 7.90. The van der Waals surface area contributed by atoms with Gasteiger partial charge in [0.15, 0.2) is 9.84 Å². The van der Waals surface area contributed by atoms with E-state index < -0.39 is 9.84 Å². The molecule has 1 amide bonds. The average molecular weight is 369 g/mol. The number of furan rings is 1. The van der Waals surface area contributed by atoms with E-state index in [1.807, 2.05) is 0 Å². The Balaban J connectivity index is 1.55. The average Bonchev–Trinajstić information content (AvgIpc) is 3.19. The van der Waals surface area contributed by atoms with Crippen molar-refractivity contribution in [3.8, 4) is 0 Å². The van der Waals surface area contributed by atoms with E-state index in [0.717, 1.165) is 42.1 Å². The van der Waals surface area contributed by atoms with Crippen molar-refractivity contribution in [2.24, 2.45) is 0 Å². The quantitative estimate of drug-likeness (QED) is 0.764. The number of aryl methyl sites for hydroxylation is 2. The molecule has 3 aromatic rings. The lowest BCUT2D eigenvalue weighted by Gasteiger charge is -2.06. The standard InChI is InChI=1S/C20H19NO4S/c1-26(23,24)17-7-3-6-16(11-17)21-20(22)10-15-12-25-19-9-14-5-2-4-13(14)8-18(15)19/h3,6-9,11-12H,2,4-5,10H2,1H3,(H,21,22). The molecule has 1 aromatic heterocycles. The number of anilines is 1. The number of hydrogen-bond acceptors (Lipinski definition) is 4. The number of amides is 1. The molecule has 134 valence electrons. The van der Waals surface area contributed by atoms with E-state index >= 15 is 0 Å². The number of sulfone groups is 1. The van der Waals surface area contributed by atoms with E-state index in [1.54, 1.807) is 18.4 Å². The third-order valence-electron chi connectivity index (χ3n) is 4.77. The first-order chi connectivity index (χ1) is 12.4. The lowest BCUT2D eigenvalue weighted by atomic mass is 10.0. The van der Waals surface area contributed by atoms with E-state index in [0.29, 0.717) is 5.69 Å². The van der Waals surface area contributed by atoms with Gasteiger partial charge in [-0.15, -0.1) is 0 Å². The van der Waals surface area contributed by atoms with E-state index in [2.05, 4.69) is 17.4 Å². The van der Waals surface area contributed by atoms with Gasteiger partial charge in [-0.2, -0.15) is 0 Å². The fourth-order valence-electron chi connectivity index (χ4n) is 3.47. The smallest absolute Gasteiger partial charge is 0.228 e. The van der Waals surface area contributed by atoms with Gasteiger partial charge < -0.3 is 9.73 Å². The highest BCUT2D eigenvalue weighted by atomic mass is 32.2. The van der Waals surface area contributed by atoms with Crippen molar-refractivity contribution in [2.75, 3.05) is 11.6 Å². The van der Waals surface area contributed by atoms with E-state index in [1.165, 1.54) is 23.3 Å². The molecule has 1 N–H and O–H groups in total. The number of carbonyl (C=O) groups excluding carboxylic acids is 1. The second kappa shape index (κ2) is 6.29. The molecular formula is C20H19NO4S. The molecule has 0 saturated heterocycles. The molecule has 0 atom stereocenters. The van der Waals surface area contributed by atoms with Crippen LogP contribution in [0.25, 0.3) is 11.0 Å². The van der Waals surface area contributed by atoms with Crippen LogP contribution in [0.5, 0.6) is 0 Å². The number of nitrogens with one attached hydrogen (secondary N) is 1. The summed E-state index contributed by atoms with van der Waals surface area (Å²) in [5.74, 6) is -0.209. The summed E-state index contributed by atoms with van der Waals surface area (Å²) < 4.78 is 28.9. The maximum absolute atomic E-state index is 12.4. The van der Waals surface area contributed by atoms with Crippen LogP contribution in [0.2, 0.25) is 0 Å². The van der Waals surface area contributed by atoms with Gasteiger partial charge in [-0.05, 0) is 60.7 Å². The lowest BCUT2D eigenvalue weighted by molar-refractivity contribution is -0.115. The van der Waals surface area contributed by atoms with Crippen molar-refractivity contribution >= 4 is 32.4 Å². The van der Waals surface area contributed by atoms with Gasteiger partial charge in [-0.25, -0.2) is 8.42 Å². The Hall–Kier alpha value is -2.60. The number of carbonyl (C=O) groups is 1. The SMILES string of the molecule is CS(=O)(=O)c1cccc(NC(=O)Cc2coc3cc4c(cc23)CCC4)c1. The zero-order chi connectivity index (χ0) is 18.3. The van der Waals surface area contributed by atoms with Gasteiger partial charge in [0, 0.05) is 22.9 Å². The molecule has 6 heteroatoms. The Morgan fingerprint density at radius 2 is 1.92 bits per heavy atom. The largest absolute Gasteiger partial charge is 0.464 e. The Kier molecular flexibility index (Phi) is 4.07. The van der Waals surface area contributed by atoms with Crippen LogP contribution in [0.4, 0.5) is 5.69 Å². The second-order valence-electron chi connectivity index (χ2n) is 6.76. The van der Waals surface area contributed by atoms with Crippen LogP contribution in [0.1, 0.15) is 23.1 Å². The molecule has 0 spiro atoms. The summed E-state index contributed by atoms with van der Waals surface area (Å²) in [7, 11) is -3.31. The fourth-order valence-corrected chi connectivity index (χ4v) is 4.13. The minimum absolute atomic E-state index is 0.175. The van der Waals surface area contributed by atoms with Gasteiger partial charge in [0.05, 0.1) is 17.6 Å². The zero-order valence-electron chi connectivity index (χ0n) is 14.4. The molecule has 1 aliphatic carbocycles. The molecule has 0 bridgehead atoms. The maximum atomic E-state index is 12.4. The predicted molar refractivity (Wildman–Crippen MR) is 100 cm³/mol. The van der Waals surface area contributed by atoms with E-state index in [-0.39, 0.29) is 17.2 Å². The molecule has 1 heterocycles. The van der Waals surface area contributed by atoms with Crippen LogP contribution in [0, 0.1) is 0 Å². The molecule has 0 aliphatic heterocycles. The van der Waals surface area contributed by atoms with Gasteiger partial charge in [0.2, 0.25) is 5.91 Å². The van der Waals surface area contributed by atoms with Gasteiger partial charge in [-0.3, -0.25) is 4.79 Å². The highest BCUT2D eigenvalue weighted by Crippen LogP contribution is 2.30. The van der Waals surface area contributed by atoms with Crippen molar-refractivity contribution in [3.63, 3.8) is 0 Å². The fraction of sp³-hybridized carbons (Fsp3) is 0.250. The summed E-state index contributed by atoms with van der Waals surface area (Å²) in [4.78, 5) is 12.6. The van der Waals surface area contributed by atoms with Crippen LogP contribution in [-0.4, -0.2) is 20.6 Å². The van der Waals surface area contributed by atoms with Crippen molar-refractivity contribution in [1.29, 1.82) is 0 Å². The normalized spacial score (nSPS) is 13.7.